The lowest BCUT2D eigenvalue weighted by molar-refractivity contribution is -0.138. The van der Waals surface area contributed by atoms with E-state index >= 15 is 0 Å². The predicted molar refractivity (Wildman–Crippen MR) is 66.8 cm³/mol. The van der Waals surface area contributed by atoms with Gasteiger partial charge in [-0.05, 0) is 30.3 Å². The maximum absolute atomic E-state index is 13.6. The molecule has 3 nitrogen and oxygen atoms in total. The Morgan fingerprint density at radius 3 is 2.20 bits per heavy atom. The van der Waals surface area contributed by atoms with E-state index in [-0.39, 0.29) is 5.69 Å². The molecule has 1 unspecified atom stereocenters. The van der Waals surface area contributed by atoms with E-state index in [0.29, 0.717) is 0 Å². The van der Waals surface area contributed by atoms with Crippen LogP contribution in [-0.2, 0) is 4.79 Å². The van der Waals surface area contributed by atoms with Crippen molar-refractivity contribution in [3.8, 4) is 0 Å². The van der Waals surface area contributed by atoms with Crippen molar-refractivity contribution in [2.75, 3.05) is 5.32 Å². The molecule has 0 saturated carbocycles. The summed E-state index contributed by atoms with van der Waals surface area (Å²) < 4.78 is 40.3. The molecule has 20 heavy (non-hydrogen) atoms. The largest absolute Gasteiger partial charge is 0.479 e. The van der Waals surface area contributed by atoms with Gasteiger partial charge in [-0.3, -0.25) is 0 Å². The topological polar surface area (TPSA) is 49.3 Å². The van der Waals surface area contributed by atoms with Crippen molar-refractivity contribution in [2.24, 2.45) is 0 Å². The first-order valence-corrected chi connectivity index (χ1v) is 5.68. The molecule has 1 atom stereocenters. The molecule has 0 aliphatic heterocycles. The summed E-state index contributed by atoms with van der Waals surface area (Å²) >= 11 is 0. The number of rotatable bonds is 4. The molecule has 2 aromatic carbocycles. The number of carbonyl (C=O) groups is 1. The van der Waals surface area contributed by atoms with Crippen molar-refractivity contribution in [3.63, 3.8) is 0 Å². The Bertz CT molecular complexity index is 626. The highest BCUT2D eigenvalue weighted by molar-refractivity contribution is 5.79. The second-order valence-electron chi connectivity index (χ2n) is 4.06. The van der Waals surface area contributed by atoms with Crippen LogP contribution in [0, 0.1) is 17.5 Å². The standard InChI is InChI=1S/C14H10F3NO2/c15-8-3-1-4-9(7-8)18-13(14(19)20)12-10(16)5-2-6-11(12)17/h1-7,13,18H,(H,19,20). The number of hydrogen-bond donors (Lipinski definition) is 2. The maximum Gasteiger partial charge on any atom is 0.331 e. The summed E-state index contributed by atoms with van der Waals surface area (Å²) in [5.41, 5.74) is -0.510. The molecule has 2 aromatic rings. The maximum atomic E-state index is 13.6. The van der Waals surface area contributed by atoms with Crippen LogP contribution in [0.5, 0.6) is 0 Å². The zero-order valence-electron chi connectivity index (χ0n) is 10.1. The highest BCUT2D eigenvalue weighted by atomic mass is 19.1. The van der Waals surface area contributed by atoms with E-state index in [1.165, 1.54) is 18.2 Å². The van der Waals surface area contributed by atoms with Crippen LogP contribution >= 0.6 is 0 Å². The number of benzene rings is 2. The quantitative estimate of drug-likeness (QED) is 0.903. The fourth-order valence-corrected chi connectivity index (χ4v) is 1.79. The SMILES string of the molecule is O=C(O)C(Nc1cccc(F)c1)c1c(F)cccc1F. The van der Waals surface area contributed by atoms with Gasteiger partial charge in [0.25, 0.3) is 0 Å². The molecule has 2 rings (SSSR count). The van der Waals surface area contributed by atoms with Gasteiger partial charge in [-0.2, -0.15) is 0 Å². The minimum absolute atomic E-state index is 0.111. The third-order valence-corrected chi connectivity index (χ3v) is 2.67. The Morgan fingerprint density at radius 1 is 1.05 bits per heavy atom. The van der Waals surface area contributed by atoms with Gasteiger partial charge < -0.3 is 10.4 Å². The van der Waals surface area contributed by atoms with Gasteiger partial charge in [0.2, 0.25) is 0 Å². The number of carboxylic acids is 1. The fraction of sp³-hybridized carbons (Fsp3) is 0.0714. The van der Waals surface area contributed by atoms with E-state index in [1.807, 2.05) is 0 Å². The molecule has 0 bridgehead atoms. The Hall–Kier alpha value is -2.50. The summed E-state index contributed by atoms with van der Waals surface area (Å²) in [7, 11) is 0. The van der Waals surface area contributed by atoms with Gasteiger partial charge in [0.15, 0.2) is 6.04 Å². The molecule has 0 fully saturated rings. The van der Waals surface area contributed by atoms with Gasteiger partial charge in [-0.15, -0.1) is 0 Å². The number of anilines is 1. The lowest BCUT2D eigenvalue weighted by atomic mass is 10.1. The van der Waals surface area contributed by atoms with Crippen molar-refractivity contribution in [3.05, 3.63) is 65.5 Å². The van der Waals surface area contributed by atoms with E-state index in [0.717, 1.165) is 24.3 Å². The minimum Gasteiger partial charge on any atom is -0.479 e. The zero-order valence-corrected chi connectivity index (χ0v) is 10.1. The summed E-state index contributed by atoms with van der Waals surface area (Å²) in [6.07, 6.45) is 0. The molecule has 2 N–H and O–H groups in total. The second kappa shape index (κ2) is 5.64. The molecular weight excluding hydrogens is 271 g/mol. The molecule has 0 aromatic heterocycles. The number of aliphatic carboxylic acids is 1. The molecule has 0 saturated heterocycles. The van der Waals surface area contributed by atoms with Crippen molar-refractivity contribution in [2.45, 2.75) is 6.04 Å². The summed E-state index contributed by atoms with van der Waals surface area (Å²) in [5.74, 6) is -4.03. The molecule has 0 amide bonds. The highest BCUT2D eigenvalue weighted by Gasteiger charge is 2.26. The molecule has 6 heteroatoms. The Labute approximate surface area is 112 Å². The minimum atomic E-state index is -1.65. The van der Waals surface area contributed by atoms with Crippen LogP contribution in [-0.4, -0.2) is 11.1 Å². The third kappa shape index (κ3) is 2.90. The summed E-state index contributed by atoms with van der Waals surface area (Å²) in [6, 6.07) is 6.36. The van der Waals surface area contributed by atoms with E-state index in [9.17, 15) is 18.0 Å². The van der Waals surface area contributed by atoms with Crippen molar-refractivity contribution in [1.29, 1.82) is 0 Å². The Morgan fingerprint density at radius 2 is 1.65 bits per heavy atom. The Balaban J connectivity index is 2.40. The normalized spacial score (nSPS) is 11.9. The van der Waals surface area contributed by atoms with Gasteiger partial charge >= 0.3 is 5.97 Å². The monoisotopic (exact) mass is 281 g/mol. The molecule has 0 aliphatic carbocycles. The summed E-state index contributed by atoms with van der Waals surface area (Å²) in [4.78, 5) is 11.2. The molecular formula is C14H10F3NO2. The van der Waals surface area contributed by atoms with Gasteiger partial charge in [0.05, 0.1) is 5.56 Å². The summed E-state index contributed by atoms with van der Waals surface area (Å²) in [6.45, 7) is 0. The zero-order chi connectivity index (χ0) is 14.7. The number of carboxylic acid groups (broad SMARTS) is 1. The van der Waals surface area contributed by atoms with Gasteiger partial charge in [-0.25, -0.2) is 18.0 Å². The summed E-state index contributed by atoms with van der Waals surface area (Å²) in [5, 5.41) is 11.5. The smallest absolute Gasteiger partial charge is 0.331 e. The van der Waals surface area contributed by atoms with Crippen LogP contribution in [0.4, 0.5) is 18.9 Å². The van der Waals surface area contributed by atoms with Gasteiger partial charge in [0.1, 0.15) is 17.5 Å². The van der Waals surface area contributed by atoms with E-state index < -0.39 is 35.0 Å². The van der Waals surface area contributed by atoms with E-state index in [4.69, 9.17) is 5.11 Å². The third-order valence-electron chi connectivity index (χ3n) is 2.67. The first-order chi connectivity index (χ1) is 9.49. The van der Waals surface area contributed by atoms with Crippen molar-refractivity contribution in [1.82, 2.24) is 0 Å². The van der Waals surface area contributed by atoms with Crippen molar-refractivity contribution < 1.29 is 23.1 Å². The van der Waals surface area contributed by atoms with Crippen molar-refractivity contribution >= 4 is 11.7 Å². The average Bonchev–Trinajstić information content (AvgIpc) is 2.37. The molecule has 0 heterocycles. The second-order valence-corrected chi connectivity index (χ2v) is 4.06. The average molecular weight is 281 g/mol. The van der Waals surface area contributed by atoms with Crippen LogP contribution in [0.3, 0.4) is 0 Å². The number of hydrogen-bond acceptors (Lipinski definition) is 2. The van der Waals surface area contributed by atoms with Gasteiger partial charge in [0, 0.05) is 5.69 Å². The Kier molecular flexibility index (Phi) is 3.93. The lowest BCUT2D eigenvalue weighted by Gasteiger charge is -2.17. The molecule has 0 spiro atoms. The highest BCUT2D eigenvalue weighted by Crippen LogP contribution is 2.25. The van der Waals surface area contributed by atoms with Crippen LogP contribution in [0.2, 0.25) is 0 Å². The first kappa shape index (κ1) is 13.9. The molecule has 0 aliphatic rings. The van der Waals surface area contributed by atoms with E-state index in [2.05, 4.69) is 5.32 Å². The first-order valence-electron chi connectivity index (χ1n) is 5.68. The fourth-order valence-electron chi connectivity index (χ4n) is 1.79. The molecule has 104 valence electrons. The van der Waals surface area contributed by atoms with Crippen LogP contribution < -0.4 is 5.32 Å². The van der Waals surface area contributed by atoms with E-state index in [1.54, 1.807) is 0 Å². The molecule has 0 radical (unpaired) electrons. The van der Waals surface area contributed by atoms with Crippen LogP contribution in [0.1, 0.15) is 11.6 Å². The van der Waals surface area contributed by atoms with Crippen LogP contribution in [0.25, 0.3) is 0 Å². The predicted octanol–water partition coefficient (Wildman–Crippen LogP) is 3.34. The number of nitrogens with one attached hydrogen (secondary N) is 1. The van der Waals surface area contributed by atoms with Crippen LogP contribution in [0.15, 0.2) is 42.5 Å². The number of halogens is 3. The van der Waals surface area contributed by atoms with Gasteiger partial charge in [-0.1, -0.05) is 12.1 Å². The lowest BCUT2D eigenvalue weighted by Crippen LogP contribution is -2.23.